The van der Waals surface area contributed by atoms with Crippen LogP contribution in [0.2, 0.25) is 0 Å². The van der Waals surface area contributed by atoms with Crippen LogP contribution in [0.15, 0.2) is 27.7 Å². The van der Waals surface area contributed by atoms with Crippen molar-refractivity contribution in [3.63, 3.8) is 0 Å². The number of aromatic carboxylic acids is 1. The van der Waals surface area contributed by atoms with E-state index in [9.17, 15) is 14.7 Å². The van der Waals surface area contributed by atoms with Gasteiger partial charge in [0.25, 0.3) is 5.56 Å². The third-order valence-electron chi connectivity index (χ3n) is 3.19. The molecule has 0 aliphatic rings. The van der Waals surface area contributed by atoms with Crippen LogP contribution in [0.1, 0.15) is 27.2 Å². The second kappa shape index (κ2) is 5.40. The molecule has 0 radical (unpaired) electrons. The van der Waals surface area contributed by atoms with E-state index < -0.39 is 5.97 Å². The van der Waals surface area contributed by atoms with Gasteiger partial charge in [-0.05, 0) is 48.2 Å². The molecule has 2 aromatic rings. The van der Waals surface area contributed by atoms with Crippen LogP contribution in [-0.2, 0) is 13.0 Å². The van der Waals surface area contributed by atoms with Crippen LogP contribution in [0, 0.1) is 13.8 Å². The Kier molecular flexibility index (Phi) is 3.85. The molecule has 100 valence electrons. The summed E-state index contributed by atoms with van der Waals surface area (Å²) in [6.45, 7) is 3.84. The molecule has 1 N–H and O–H groups in total. The summed E-state index contributed by atoms with van der Waals surface area (Å²) in [6, 6.07) is 3.40. The summed E-state index contributed by atoms with van der Waals surface area (Å²) in [6.07, 6.45) is 0.729. The van der Waals surface area contributed by atoms with E-state index in [1.807, 2.05) is 16.8 Å². The average molecular weight is 277 g/mol. The molecular weight excluding hydrogens is 262 g/mol. The van der Waals surface area contributed by atoms with E-state index in [1.54, 1.807) is 25.2 Å². The van der Waals surface area contributed by atoms with Gasteiger partial charge < -0.3 is 9.67 Å². The van der Waals surface area contributed by atoms with Crippen LogP contribution < -0.4 is 5.56 Å². The molecule has 2 rings (SSSR count). The fourth-order valence-corrected chi connectivity index (χ4v) is 2.90. The largest absolute Gasteiger partial charge is 0.478 e. The summed E-state index contributed by atoms with van der Waals surface area (Å²) < 4.78 is 1.54. The number of pyridine rings is 1. The third kappa shape index (κ3) is 2.76. The Bertz CT molecular complexity index is 656. The van der Waals surface area contributed by atoms with Crippen molar-refractivity contribution in [1.82, 2.24) is 4.57 Å². The molecule has 2 heterocycles. The van der Waals surface area contributed by atoms with Crippen LogP contribution in [0.25, 0.3) is 0 Å². The number of carboxylic acids is 1. The molecule has 0 aliphatic carbocycles. The van der Waals surface area contributed by atoms with Crippen molar-refractivity contribution >= 4 is 17.3 Å². The summed E-state index contributed by atoms with van der Waals surface area (Å²) in [7, 11) is 0. The number of thiophene rings is 1. The van der Waals surface area contributed by atoms with Crippen molar-refractivity contribution in [3.8, 4) is 0 Å². The number of hydrogen-bond acceptors (Lipinski definition) is 3. The smallest absolute Gasteiger partial charge is 0.337 e. The quantitative estimate of drug-likeness (QED) is 0.934. The molecule has 0 saturated carbocycles. The highest BCUT2D eigenvalue weighted by atomic mass is 32.1. The Labute approximate surface area is 115 Å². The highest BCUT2D eigenvalue weighted by Crippen LogP contribution is 2.13. The van der Waals surface area contributed by atoms with E-state index >= 15 is 0 Å². The zero-order valence-corrected chi connectivity index (χ0v) is 11.7. The van der Waals surface area contributed by atoms with E-state index in [0.717, 1.165) is 12.0 Å². The van der Waals surface area contributed by atoms with Crippen molar-refractivity contribution in [2.45, 2.75) is 26.8 Å². The minimum Gasteiger partial charge on any atom is -0.478 e. The SMILES string of the molecule is Cc1cc(=O)n(CCc2ccsc2)c(C)c1C(=O)O. The van der Waals surface area contributed by atoms with E-state index in [2.05, 4.69) is 0 Å². The number of carboxylic acid groups (broad SMARTS) is 1. The molecule has 0 amide bonds. The first kappa shape index (κ1) is 13.5. The Morgan fingerprint density at radius 1 is 1.42 bits per heavy atom. The lowest BCUT2D eigenvalue weighted by molar-refractivity contribution is 0.0694. The Morgan fingerprint density at radius 2 is 2.16 bits per heavy atom. The lowest BCUT2D eigenvalue weighted by Gasteiger charge is -2.13. The molecule has 0 spiro atoms. The summed E-state index contributed by atoms with van der Waals surface area (Å²) >= 11 is 1.61. The van der Waals surface area contributed by atoms with Crippen LogP contribution in [0.3, 0.4) is 0 Å². The third-order valence-corrected chi connectivity index (χ3v) is 3.92. The summed E-state index contributed by atoms with van der Waals surface area (Å²) in [5.74, 6) is -0.987. The number of rotatable bonds is 4. The number of aromatic nitrogens is 1. The maximum absolute atomic E-state index is 12.0. The summed E-state index contributed by atoms with van der Waals surface area (Å²) in [5, 5.41) is 13.2. The van der Waals surface area contributed by atoms with Gasteiger partial charge in [-0.2, -0.15) is 11.3 Å². The molecule has 0 fully saturated rings. The fourth-order valence-electron chi connectivity index (χ4n) is 2.20. The molecule has 0 unspecified atom stereocenters. The van der Waals surface area contributed by atoms with E-state index in [4.69, 9.17) is 0 Å². The van der Waals surface area contributed by atoms with Crippen LogP contribution >= 0.6 is 11.3 Å². The minimum atomic E-state index is -0.987. The minimum absolute atomic E-state index is 0.143. The summed E-state index contributed by atoms with van der Waals surface area (Å²) in [5.41, 5.74) is 2.28. The first-order chi connectivity index (χ1) is 9.00. The predicted octanol–water partition coefficient (Wildman–Crippen LogP) is 2.47. The zero-order chi connectivity index (χ0) is 14.0. The van der Waals surface area contributed by atoms with Gasteiger partial charge >= 0.3 is 5.97 Å². The van der Waals surface area contributed by atoms with E-state index in [0.29, 0.717) is 17.8 Å². The molecule has 0 aliphatic heterocycles. The number of nitrogens with zero attached hydrogens (tertiary/aromatic N) is 1. The molecule has 4 nitrogen and oxygen atoms in total. The Balaban J connectivity index is 2.37. The van der Waals surface area contributed by atoms with Gasteiger partial charge in [0.1, 0.15) is 0 Å². The molecule has 0 bridgehead atoms. The highest BCUT2D eigenvalue weighted by Gasteiger charge is 2.15. The number of carbonyl (C=O) groups is 1. The maximum atomic E-state index is 12.0. The first-order valence-electron chi connectivity index (χ1n) is 5.96. The van der Waals surface area contributed by atoms with E-state index in [1.165, 1.54) is 10.6 Å². The molecule has 5 heteroatoms. The van der Waals surface area contributed by atoms with Crippen molar-refractivity contribution < 1.29 is 9.90 Å². The zero-order valence-electron chi connectivity index (χ0n) is 10.8. The predicted molar refractivity (Wildman–Crippen MR) is 75.2 cm³/mol. The second-order valence-corrected chi connectivity index (χ2v) is 5.24. The van der Waals surface area contributed by atoms with Gasteiger partial charge in [-0.1, -0.05) is 0 Å². The Hall–Kier alpha value is -1.88. The van der Waals surface area contributed by atoms with Gasteiger partial charge in [0.15, 0.2) is 0 Å². The lowest BCUT2D eigenvalue weighted by atomic mass is 10.1. The van der Waals surface area contributed by atoms with Gasteiger partial charge in [-0.15, -0.1) is 0 Å². The molecule has 0 atom stereocenters. The van der Waals surface area contributed by atoms with Crippen LogP contribution in [0.5, 0.6) is 0 Å². The normalized spacial score (nSPS) is 10.6. The monoisotopic (exact) mass is 277 g/mol. The summed E-state index contributed by atoms with van der Waals surface area (Å²) in [4.78, 5) is 23.2. The number of hydrogen-bond donors (Lipinski definition) is 1. The van der Waals surface area contributed by atoms with E-state index in [-0.39, 0.29) is 11.1 Å². The maximum Gasteiger partial charge on any atom is 0.337 e. The molecular formula is C14H15NO3S. The Morgan fingerprint density at radius 3 is 2.74 bits per heavy atom. The van der Waals surface area contributed by atoms with Gasteiger partial charge in [0, 0.05) is 18.3 Å². The van der Waals surface area contributed by atoms with Gasteiger partial charge in [-0.3, -0.25) is 4.79 Å². The van der Waals surface area contributed by atoms with Gasteiger partial charge in [0.05, 0.1) is 5.56 Å². The van der Waals surface area contributed by atoms with Crippen LogP contribution in [0.4, 0.5) is 0 Å². The number of aryl methyl sites for hydroxylation is 2. The van der Waals surface area contributed by atoms with Crippen molar-refractivity contribution in [2.24, 2.45) is 0 Å². The van der Waals surface area contributed by atoms with Gasteiger partial charge in [0.2, 0.25) is 0 Å². The molecule has 19 heavy (non-hydrogen) atoms. The van der Waals surface area contributed by atoms with Crippen molar-refractivity contribution in [2.75, 3.05) is 0 Å². The first-order valence-corrected chi connectivity index (χ1v) is 6.90. The topological polar surface area (TPSA) is 59.3 Å². The lowest BCUT2D eigenvalue weighted by Crippen LogP contribution is -2.26. The van der Waals surface area contributed by atoms with Crippen molar-refractivity contribution in [1.29, 1.82) is 0 Å². The van der Waals surface area contributed by atoms with Crippen molar-refractivity contribution in [3.05, 3.63) is 55.6 Å². The molecule has 0 aromatic carbocycles. The molecule has 2 aromatic heterocycles. The van der Waals surface area contributed by atoms with Gasteiger partial charge in [-0.25, -0.2) is 4.79 Å². The van der Waals surface area contributed by atoms with Crippen LogP contribution in [-0.4, -0.2) is 15.6 Å². The molecule has 0 saturated heterocycles. The second-order valence-electron chi connectivity index (χ2n) is 4.46. The standard InChI is InChI=1S/C14H15NO3S/c1-9-7-12(16)15(10(2)13(9)14(17)18)5-3-11-4-6-19-8-11/h4,6-8H,3,5H2,1-2H3,(H,17,18). The average Bonchev–Trinajstić information content (AvgIpc) is 2.80. The fraction of sp³-hybridized carbons (Fsp3) is 0.286. The highest BCUT2D eigenvalue weighted by molar-refractivity contribution is 7.07.